The maximum absolute atomic E-state index is 11.9. The molecule has 0 saturated carbocycles. The molecule has 3 nitrogen and oxygen atoms in total. The lowest BCUT2D eigenvalue weighted by molar-refractivity contribution is -0.138. The number of hydrogen-bond acceptors (Lipinski definition) is 3. The van der Waals surface area contributed by atoms with Crippen molar-refractivity contribution in [3.05, 3.63) is 35.7 Å². The molecule has 17 heavy (non-hydrogen) atoms. The van der Waals surface area contributed by atoms with Crippen LogP contribution in [-0.2, 0) is 9.53 Å². The van der Waals surface area contributed by atoms with Gasteiger partial charge in [-0.3, -0.25) is 4.98 Å². The summed E-state index contributed by atoms with van der Waals surface area (Å²) in [6, 6.07) is 3.91. The minimum absolute atomic E-state index is 0.161. The average molecular weight is 231 g/mol. The molecule has 2 rings (SSSR count). The van der Waals surface area contributed by atoms with Crippen LogP contribution in [0.15, 0.2) is 30.1 Å². The molecule has 0 bridgehead atoms. The SMILES string of the molecule is CCOC(=O)C1=C(c2cccnc2)CCCC1. The van der Waals surface area contributed by atoms with Crippen molar-refractivity contribution >= 4 is 11.5 Å². The van der Waals surface area contributed by atoms with Crippen LogP contribution in [0.25, 0.3) is 5.57 Å². The molecule has 0 atom stereocenters. The topological polar surface area (TPSA) is 39.2 Å². The van der Waals surface area contributed by atoms with E-state index in [1.807, 2.05) is 25.3 Å². The van der Waals surface area contributed by atoms with Gasteiger partial charge in [0.1, 0.15) is 0 Å². The number of hydrogen-bond donors (Lipinski definition) is 0. The highest BCUT2D eigenvalue weighted by Gasteiger charge is 2.21. The smallest absolute Gasteiger partial charge is 0.334 e. The molecule has 3 heteroatoms. The summed E-state index contributed by atoms with van der Waals surface area (Å²) in [6.45, 7) is 2.27. The van der Waals surface area contributed by atoms with Crippen molar-refractivity contribution < 1.29 is 9.53 Å². The molecule has 0 fully saturated rings. The quantitative estimate of drug-likeness (QED) is 0.751. The fourth-order valence-electron chi connectivity index (χ4n) is 2.21. The van der Waals surface area contributed by atoms with Crippen LogP contribution in [0.4, 0.5) is 0 Å². The molecule has 1 aliphatic rings. The van der Waals surface area contributed by atoms with Gasteiger partial charge < -0.3 is 4.74 Å². The summed E-state index contributed by atoms with van der Waals surface area (Å²) in [6.07, 6.45) is 7.53. The highest BCUT2D eigenvalue weighted by Crippen LogP contribution is 2.32. The Balaban J connectivity index is 2.35. The van der Waals surface area contributed by atoms with E-state index in [0.717, 1.165) is 42.4 Å². The Morgan fingerprint density at radius 2 is 2.24 bits per heavy atom. The number of aromatic nitrogens is 1. The monoisotopic (exact) mass is 231 g/mol. The maximum Gasteiger partial charge on any atom is 0.334 e. The molecule has 0 radical (unpaired) electrons. The molecule has 90 valence electrons. The summed E-state index contributed by atoms with van der Waals surface area (Å²) in [7, 11) is 0. The number of pyridine rings is 1. The predicted molar refractivity (Wildman–Crippen MR) is 66.3 cm³/mol. The second-order valence-electron chi connectivity index (χ2n) is 4.13. The van der Waals surface area contributed by atoms with E-state index in [-0.39, 0.29) is 5.97 Å². The molecule has 0 N–H and O–H groups in total. The third-order valence-electron chi connectivity index (χ3n) is 3.00. The van der Waals surface area contributed by atoms with Crippen LogP contribution < -0.4 is 0 Å². The number of rotatable bonds is 3. The Bertz CT molecular complexity index is 423. The maximum atomic E-state index is 11.9. The van der Waals surface area contributed by atoms with Crippen LogP contribution in [0.2, 0.25) is 0 Å². The van der Waals surface area contributed by atoms with E-state index in [9.17, 15) is 4.79 Å². The Morgan fingerprint density at radius 1 is 1.41 bits per heavy atom. The first-order valence-corrected chi connectivity index (χ1v) is 6.12. The van der Waals surface area contributed by atoms with Gasteiger partial charge in [-0.1, -0.05) is 6.07 Å². The molecular formula is C14H17NO2. The van der Waals surface area contributed by atoms with Crippen molar-refractivity contribution in [1.82, 2.24) is 4.98 Å². The van der Waals surface area contributed by atoms with Crippen molar-refractivity contribution in [2.45, 2.75) is 32.6 Å². The zero-order chi connectivity index (χ0) is 12.1. The molecule has 0 amide bonds. The van der Waals surface area contributed by atoms with Gasteiger partial charge in [-0.15, -0.1) is 0 Å². The van der Waals surface area contributed by atoms with E-state index in [0.29, 0.717) is 6.61 Å². The van der Waals surface area contributed by atoms with Gasteiger partial charge in [-0.2, -0.15) is 0 Å². The summed E-state index contributed by atoms with van der Waals surface area (Å²) < 4.78 is 5.12. The molecule has 0 saturated heterocycles. The van der Waals surface area contributed by atoms with Crippen LogP contribution in [0.3, 0.4) is 0 Å². The highest BCUT2D eigenvalue weighted by molar-refractivity contribution is 5.98. The lowest BCUT2D eigenvalue weighted by Gasteiger charge is -2.19. The minimum atomic E-state index is -0.161. The summed E-state index contributed by atoms with van der Waals surface area (Å²) in [4.78, 5) is 16.0. The van der Waals surface area contributed by atoms with E-state index < -0.39 is 0 Å². The number of ether oxygens (including phenoxy) is 1. The molecule has 0 aromatic carbocycles. The zero-order valence-electron chi connectivity index (χ0n) is 10.1. The number of nitrogens with zero attached hydrogens (tertiary/aromatic N) is 1. The first kappa shape index (κ1) is 11.8. The Kier molecular flexibility index (Phi) is 3.91. The van der Waals surface area contributed by atoms with Crippen LogP contribution in [0.1, 0.15) is 38.2 Å². The van der Waals surface area contributed by atoms with Crippen LogP contribution >= 0.6 is 0 Å². The Hall–Kier alpha value is -1.64. The second kappa shape index (κ2) is 5.62. The third-order valence-corrected chi connectivity index (χ3v) is 3.00. The van der Waals surface area contributed by atoms with E-state index in [1.165, 1.54) is 0 Å². The lowest BCUT2D eigenvalue weighted by Crippen LogP contribution is -2.13. The highest BCUT2D eigenvalue weighted by atomic mass is 16.5. The molecule has 1 aromatic heterocycles. The normalized spacial score (nSPS) is 15.8. The first-order valence-electron chi connectivity index (χ1n) is 6.12. The fourth-order valence-corrected chi connectivity index (χ4v) is 2.21. The van der Waals surface area contributed by atoms with Crippen molar-refractivity contribution in [3.8, 4) is 0 Å². The van der Waals surface area contributed by atoms with Crippen molar-refractivity contribution in [2.24, 2.45) is 0 Å². The van der Waals surface area contributed by atoms with E-state index >= 15 is 0 Å². The average Bonchev–Trinajstić information content (AvgIpc) is 2.40. The van der Waals surface area contributed by atoms with Gasteiger partial charge in [0, 0.05) is 18.0 Å². The van der Waals surface area contributed by atoms with Gasteiger partial charge in [0.2, 0.25) is 0 Å². The Labute approximate surface area is 102 Å². The number of carbonyl (C=O) groups excluding carboxylic acids is 1. The largest absolute Gasteiger partial charge is 0.463 e. The summed E-state index contributed by atoms with van der Waals surface area (Å²) in [5.74, 6) is -0.161. The van der Waals surface area contributed by atoms with Crippen LogP contribution in [0, 0.1) is 0 Å². The van der Waals surface area contributed by atoms with E-state index in [4.69, 9.17) is 4.74 Å². The fraction of sp³-hybridized carbons (Fsp3) is 0.429. The molecule has 1 aromatic rings. The van der Waals surface area contributed by atoms with Gasteiger partial charge in [0.05, 0.1) is 6.61 Å². The molecule has 0 spiro atoms. The van der Waals surface area contributed by atoms with Gasteiger partial charge in [0.25, 0.3) is 0 Å². The lowest BCUT2D eigenvalue weighted by atomic mass is 9.88. The van der Waals surface area contributed by atoms with Crippen molar-refractivity contribution in [2.75, 3.05) is 6.61 Å². The van der Waals surface area contributed by atoms with Crippen molar-refractivity contribution in [1.29, 1.82) is 0 Å². The van der Waals surface area contributed by atoms with Crippen LogP contribution in [-0.4, -0.2) is 17.6 Å². The van der Waals surface area contributed by atoms with Crippen molar-refractivity contribution in [3.63, 3.8) is 0 Å². The number of esters is 1. The summed E-state index contributed by atoms with van der Waals surface area (Å²) in [5.41, 5.74) is 3.00. The second-order valence-corrected chi connectivity index (χ2v) is 4.13. The first-order chi connectivity index (χ1) is 8.33. The predicted octanol–water partition coefficient (Wildman–Crippen LogP) is 2.97. The molecule has 1 aliphatic carbocycles. The number of carbonyl (C=O) groups is 1. The zero-order valence-corrected chi connectivity index (χ0v) is 10.1. The summed E-state index contributed by atoms with van der Waals surface area (Å²) >= 11 is 0. The van der Waals surface area contributed by atoms with Gasteiger partial charge >= 0.3 is 5.97 Å². The Morgan fingerprint density at radius 3 is 2.94 bits per heavy atom. The third kappa shape index (κ3) is 2.73. The van der Waals surface area contributed by atoms with E-state index in [2.05, 4.69) is 4.98 Å². The van der Waals surface area contributed by atoms with Gasteiger partial charge in [-0.05, 0) is 49.8 Å². The summed E-state index contributed by atoms with van der Waals surface area (Å²) in [5, 5.41) is 0. The molecule has 1 heterocycles. The molecular weight excluding hydrogens is 214 g/mol. The van der Waals surface area contributed by atoms with E-state index in [1.54, 1.807) is 6.20 Å². The van der Waals surface area contributed by atoms with Gasteiger partial charge in [0.15, 0.2) is 0 Å². The number of allylic oxidation sites excluding steroid dienone is 1. The minimum Gasteiger partial charge on any atom is -0.463 e. The van der Waals surface area contributed by atoms with Gasteiger partial charge in [-0.25, -0.2) is 4.79 Å². The van der Waals surface area contributed by atoms with Crippen LogP contribution in [0.5, 0.6) is 0 Å². The molecule has 0 aliphatic heterocycles. The standard InChI is InChI=1S/C14H17NO2/c1-2-17-14(16)13-8-4-3-7-12(13)11-6-5-9-15-10-11/h5-6,9-10H,2-4,7-8H2,1H3. The molecule has 0 unspecified atom stereocenters.